The summed E-state index contributed by atoms with van der Waals surface area (Å²) in [6.07, 6.45) is 13.3. The predicted molar refractivity (Wildman–Crippen MR) is 163 cm³/mol. The molecule has 7 heteroatoms. The fraction of sp³-hybridized carbons (Fsp3) is 0. The number of nitrogens with zero attached hydrogens (tertiary/aromatic N) is 3. The second-order valence-electron chi connectivity index (χ2n) is 6.25. The average molecular weight is 700 g/mol. The summed E-state index contributed by atoms with van der Waals surface area (Å²) >= 11 is 2.66. The van der Waals surface area contributed by atoms with Gasteiger partial charge in [-0.3, -0.25) is 15.0 Å². The first-order valence-electron chi connectivity index (χ1n) is 11.4. The number of aromatic nitrogens is 3. The Morgan fingerprint density at radius 1 is 0.447 bits per heavy atom. The van der Waals surface area contributed by atoms with Crippen LogP contribution in [0.4, 0.5) is 0 Å². The van der Waals surface area contributed by atoms with E-state index in [4.69, 9.17) is 0 Å². The van der Waals surface area contributed by atoms with Gasteiger partial charge in [0, 0.05) is 37.2 Å². The van der Waals surface area contributed by atoms with Crippen LogP contribution in [0.25, 0.3) is 0 Å². The van der Waals surface area contributed by atoms with Gasteiger partial charge in [-0.1, -0.05) is 54.6 Å². The van der Waals surface area contributed by atoms with Crippen LogP contribution in [0.2, 0.25) is 0 Å². The van der Waals surface area contributed by atoms with Crippen molar-refractivity contribution in [2.24, 2.45) is 0 Å². The largest absolute Gasteiger partial charge is 0.473 e. The fourth-order valence-corrected chi connectivity index (χ4v) is 4.56. The van der Waals surface area contributed by atoms with Crippen LogP contribution in [-0.4, -0.2) is 49.9 Å². The molecule has 1 aromatic carbocycles. The Morgan fingerprint density at radius 2 is 0.895 bits per heavy atom. The summed E-state index contributed by atoms with van der Waals surface area (Å²) in [6.45, 7) is 0. The van der Waals surface area contributed by atoms with E-state index in [-0.39, 0.29) is 20.4 Å². The Morgan fingerprint density at radius 3 is 1.08 bits per heavy atom. The molecule has 0 aliphatic heterocycles. The second kappa shape index (κ2) is 29.9. The van der Waals surface area contributed by atoms with Crippen LogP contribution < -0.4 is 0 Å². The molecule has 0 fully saturated rings. The van der Waals surface area contributed by atoms with Crippen molar-refractivity contribution in [3.63, 3.8) is 0 Å². The predicted octanol–water partition coefficient (Wildman–Crippen LogP) is 7.76. The van der Waals surface area contributed by atoms with Crippen LogP contribution in [-0.2, 0) is 0 Å². The topological polar surface area (TPSA) is 51.8 Å². The maximum Gasteiger partial charge on any atom is 0.0902 e. The third-order valence-electron chi connectivity index (χ3n) is 3.41. The molecular weight excluding hydrogens is 669 g/mol. The Bertz CT molecular complexity index is 862. The summed E-state index contributed by atoms with van der Waals surface area (Å²) in [4.78, 5) is 15.6. The van der Waals surface area contributed by atoms with Crippen molar-refractivity contribution in [2.75, 3.05) is 0 Å². The van der Waals surface area contributed by atoms with Crippen LogP contribution >= 0.6 is 11.3 Å². The molecule has 0 saturated heterocycles. The molecule has 0 N–H and O–H groups in total. The first-order valence-corrected chi connectivity index (χ1v) is 17.0. The SMILES string of the molecule is c1cc[se]c1.c1cc[te]c1.c1ccccc1.c1ccncc1.c1ccoc1.c1ccsc1.c1cnccn1. The van der Waals surface area contributed by atoms with Gasteiger partial charge in [-0.05, 0) is 35.0 Å². The molecule has 7 aromatic rings. The molecule has 4 nitrogen and oxygen atoms in total. The first kappa shape index (κ1) is 32.7. The standard InChI is InChI=1S/C6H6.C5H5N.C4H4N2.C4H4O.C4H4S.C4H4Se.C4H4Te/c2*1-2-4-6-5-3-1;1-2-6-4-3-5-1;4*1-2-4-5-3-1/h1-6H;1-5H;1-4H;4*1-4H. The number of benzene rings is 1. The van der Waals surface area contributed by atoms with E-state index in [2.05, 4.69) is 61.7 Å². The molecule has 0 spiro atoms. The van der Waals surface area contributed by atoms with E-state index in [1.54, 1.807) is 61.0 Å². The molecule has 0 saturated carbocycles. The molecular formula is C31H31N3OSSeTe. The van der Waals surface area contributed by atoms with Gasteiger partial charge in [0.25, 0.3) is 0 Å². The third-order valence-corrected chi connectivity index (χ3v) is 7.15. The molecule has 38 heavy (non-hydrogen) atoms. The average Bonchev–Trinajstić information content (AvgIpc) is 3.88. The minimum Gasteiger partial charge on any atom is -0.473 e. The van der Waals surface area contributed by atoms with Crippen molar-refractivity contribution in [1.82, 2.24) is 15.0 Å². The molecule has 0 radical (unpaired) electrons. The van der Waals surface area contributed by atoms with E-state index in [1.165, 1.54) is 0 Å². The number of furan rings is 1. The van der Waals surface area contributed by atoms with Crippen molar-refractivity contribution in [3.05, 3.63) is 182 Å². The molecule has 194 valence electrons. The molecule has 0 bridgehead atoms. The Balaban J connectivity index is 0.000000222. The summed E-state index contributed by atoms with van der Waals surface area (Å²) in [5, 5.41) is 4.08. The van der Waals surface area contributed by atoms with Gasteiger partial charge in [0.05, 0.1) is 12.5 Å². The monoisotopic (exact) mass is 703 g/mol. The van der Waals surface area contributed by atoms with Gasteiger partial charge in [-0.2, -0.15) is 11.3 Å². The summed E-state index contributed by atoms with van der Waals surface area (Å²) in [5.41, 5.74) is 0. The van der Waals surface area contributed by atoms with Crippen molar-refractivity contribution in [2.45, 2.75) is 0 Å². The van der Waals surface area contributed by atoms with E-state index in [0.29, 0.717) is 14.5 Å². The first-order chi connectivity index (χ1) is 19.0. The zero-order chi connectivity index (χ0) is 26.9. The van der Waals surface area contributed by atoms with Gasteiger partial charge in [0.1, 0.15) is 0 Å². The van der Waals surface area contributed by atoms with Gasteiger partial charge < -0.3 is 4.42 Å². The molecule has 6 aromatic heterocycles. The Hall–Kier alpha value is -3.30. The quantitative estimate of drug-likeness (QED) is 0.152. The number of pyridine rings is 1. The van der Waals surface area contributed by atoms with E-state index in [0.717, 1.165) is 0 Å². The summed E-state index contributed by atoms with van der Waals surface area (Å²) in [5.74, 6) is 0. The zero-order valence-corrected chi connectivity index (χ0v) is 25.7. The van der Waals surface area contributed by atoms with Gasteiger partial charge in [0.15, 0.2) is 0 Å². The molecule has 0 aliphatic rings. The summed E-state index contributed by atoms with van der Waals surface area (Å²) in [6, 6.07) is 33.8. The number of rotatable bonds is 0. The van der Waals surface area contributed by atoms with E-state index >= 15 is 0 Å². The molecule has 7 rings (SSSR count). The number of thiophene rings is 1. The summed E-state index contributed by atoms with van der Waals surface area (Å²) in [7, 11) is 0. The van der Waals surface area contributed by atoms with E-state index in [1.807, 2.05) is 89.6 Å². The van der Waals surface area contributed by atoms with Crippen molar-refractivity contribution < 1.29 is 4.42 Å². The smallest absolute Gasteiger partial charge is 0.0902 e. The molecule has 0 aliphatic carbocycles. The fourth-order valence-electron chi connectivity index (χ4n) is 1.86. The maximum atomic E-state index is 4.58. The van der Waals surface area contributed by atoms with Crippen LogP contribution in [0.3, 0.4) is 0 Å². The van der Waals surface area contributed by atoms with Gasteiger partial charge in [0.2, 0.25) is 0 Å². The molecule has 0 atom stereocenters. The minimum atomic E-state index is 0.243. The number of hydrogen-bond donors (Lipinski definition) is 0. The van der Waals surface area contributed by atoms with Crippen molar-refractivity contribution >= 4 is 46.3 Å². The number of hydrogen-bond acceptors (Lipinski definition) is 5. The molecule has 0 unspecified atom stereocenters. The van der Waals surface area contributed by atoms with E-state index in [9.17, 15) is 0 Å². The van der Waals surface area contributed by atoms with Gasteiger partial charge in [-0.15, -0.1) is 0 Å². The minimum absolute atomic E-state index is 0.243. The van der Waals surface area contributed by atoms with Crippen molar-refractivity contribution in [3.8, 4) is 0 Å². The van der Waals surface area contributed by atoms with Crippen molar-refractivity contribution in [1.29, 1.82) is 0 Å². The molecule has 6 heterocycles. The summed E-state index contributed by atoms with van der Waals surface area (Å²) < 4.78 is 9.09. The molecule has 0 amide bonds. The Labute approximate surface area is 245 Å². The third kappa shape index (κ3) is 27.3. The van der Waals surface area contributed by atoms with Crippen LogP contribution in [0.5, 0.6) is 0 Å². The normalized spacial score (nSPS) is 8.00. The van der Waals surface area contributed by atoms with Crippen LogP contribution in [0.15, 0.2) is 186 Å². The van der Waals surface area contributed by atoms with Crippen LogP contribution in [0, 0.1) is 0 Å². The van der Waals surface area contributed by atoms with Gasteiger partial charge in [-0.25, -0.2) is 0 Å². The van der Waals surface area contributed by atoms with Gasteiger partial charge >= 0.3 is 77.2 Å². The van der Waals surface area contributed by atoms with E-state index < -0.39 is 0 Å². The second-order valence-corrected chi connectivity index (χ2v) is 11.1. The maximum absolute atomic E-state index is 4.58. The zero-order valence-electron chi connectivity index (χ0n) is 20.9. The Kier molecular flexibility index (Phi) is 25.8. The van der Waals surface area contributed by atoms with Crippen LogP contribution in [0.1, 0.15) is 0 Å².